The van der Waals surface area contributed by atoms with Crippen molar-refractivity contribution in [2.24, 2.45) is 0 Å². The number of benzene rings is 3. The second kappa shape index (κ2) is 8.55. The third kappa shape index (κ3) is 4.60. The van der Waals surface area contributed by atoms with Gasteiger partial charge in [-0.1, -0.05) is 49.4 Å². The van der Waals surface area contributed by atoms with E-state index >= 15 is 0 Å². The summed E-state index contributed by atoms with van der Waals surface area (Å²) in [5.74, 6) is 1.23. The average molecular weight is 420 g/mol. The van der Waals surface area contributed by atoms with Crippen LogP contribution in [0.2, 0.25) is 0 Å². The minimum Gasteiger partial charge on any atom is -0.489 e. The Labute approximate surface area is 175 Å². The van der Waals surface area contributed by atoms with Crippen LogP contribution in [0.25, 0.3) is 23.3 Å². The molecule has 30 heavy (non-hydrogen) atoms. The highest BCUT2D eigenvalue weighted by Gasteiger charge is 2.14. The van der Waals surface area contributed by atoms with Gasteiger partial charge in [-0.2, -0.15) is 0 Å². The molecule has 0 fully saturated rings. The molecule has 0 spiro atoms. The van der Waals surface area contributed by atoms with Crippen LogP contribution < -0.4 is 4.74 Å². The van der Waals surface area contributed by atoms with Crippen molar-refractivity contribution in [3.05, 3.63) is 89.8 Å². The molecular formula is C24H21NO4S. The molecular weight excluding hydrogens is 398 g/mol. The quantitative estimate of drug-likeness (QED) is 0.403. The Morgan fingerprint density at radius 2 is 1.80 bits per heavy atom. The molecule has 6 heteroatoms. The van der Waals surface area contributed by atoms with Crippen LogP contribution in [0.3, 0.4) is 0 Å². The highest BCUT2D eigenvalue weighted by Crippen LogP contribution is 2.22. The zero-order valence-electron chi connectivity index (χ0n) is 16.5. The Hall–Kier alpha value is -3.38. The van der Waals surface area contributed by atoms with Crippen LogP contribution in [-0.2, 0) is 16.4 Å². The van der Waals surface area contributed by atoms with E-state index in [9.17, 15) is 8.42 Å². The van der Waals surface area contributed by atoms with Gasteiger partial charge >= 0.3 is 0 Å². The zero-order valence-corrected chi connectivity index (χ0v) is 17.3. The number of hydrogen-bond donors (Lipinski definition) is 0. The van der Waals surface area contributed by atoms with Gasteiger partial charge in [0.1, 0.15) is 17.9 Å². The highest BCUT2D eigenvalue weighted by atomic mass is 32.2. The van der Waals surface area contributed by atoms with Crippen molar-refractivity contribution >= 4 is 33.1 Å². The van der Waals surface area contributed by atoms with E-state index in [2.05, 4.69) is 4.98 Å². The maximum Gasteiger partial charge on any atom is 0.220 e. The zero-order chi connectivity index (χ0) is 21.0. The highest BCUT2D eigenvalue weighted by molar-refractivity contribution is 7.91. The summed E-state index contributed by atoms with van der Waals surface area (Å²) in [6.45, 7) is 2.12. The van der Waals surface area contributed by atoms with E-state index in [-0.39, 0.29) is 10.6 Å². The van der Waals surface area contributed by atoms with Crippen molar-refractivity contribution in [3.8, 4) is 5.75 Å². The molecule has 4 rings (SSSR count). The molecule has 3 aromatic carbocycles. The van der Waals surface area contributed by atoms with Crippen molar-refractivity contribution in [1.82, 2.24) is 4.98 Å². The molecule has 5 nitrogen and oxygen atoms in total. The van der Waals surface area contributed by atoms with E-state index < -0.39 is 9.84 Å². The minimum absolute atomic E-state index is 0.0474. The summed E-state index contributed by atoms with van der Waals surface area (Å²) in [4.78, 5) is 4.64. The Morgan fingerprint density at radius 1 is 0.967 bits per heavy atom. The van der Waals surface area contributed by atoms with Crippen LogP contribution in [-0.4, -0.2) is 19.2 Å². The number of aromatic nitrogens is 1. The Balaban J connectivity index is 1.50. The maximum atomic E-state index is 12.1. The van der Waals surface area contributed by atoms with Gasteiger partial charge in [0.15, 0.2) is 15.4 Å². The third-order valence-corrected chi connectivity index (χ3v) is 6.37. The van der Waals surface area contributed by atoms with E-state index in [0.29, 0.717) is 23.6 Å². The van der Waals surface area contributed by atoms with E-state index in [1.165, 1.54) is 0 Å². The van der Waals surface area contributed by atoms with Crippen LogP contribution in [0, 0.1) is 0 Å². The summed E-state index contributed by atoms with van der Waals surface area (Å²) in [6, 6.07) is 22.5. The predicted molar refractivity (Wildman–Crippen MR) is 118 cm³/mol. The lowest BCUT2D eigenvalue weighted by Crippen LogP contribution is -2.03. The summed E-state index contributed by atoms with van der Waals surface area (Å²) in [7, 11) is -3.28. The van der Waals surface area contributed by atoms with Crippen LogP contribution in [0.1, 0.15) is 23.9 Å². The molecule has 0 aliphatic carbocycles. The number of ether oxygens (including phenoxy) is 1. The molecule has 0 amide bonds. The predicted octanol–water partition coefficient (Wildman–Crippen LogP) is 5.37. The second-order valence-corrected chi connectivity index (χ2v) is 9.04. The molecule has 0 N–H and O–H groups in total. The summed E-state index contributed by atoms with van der Waals surface area (Å²) >= 11 is 0. The normalized spacial score (nSPS) is 11.9. The summed E-state index contributed by atoms with van der Waals surface area (Å²) in [5, 5.41) is 0. The van der Waals surface area contributed by atoms with Gasteiger partial charge in [-0.25, -0.2) is 13.4 Å². The van der Waals surface area contributed by atoms with Crippen molar-refractivity contribution in [2.75, 3.05) is 5.75 Å². The van der Waals surface area contributed by atoms with Crippen molar-refractivity contribution in [2.45, 2.75) is 18.4 Å². The van der Waals surface area contributed by atoms with Gasteiger partial charge in [0, 0.05) is 6.08 Å². The molecule has 0 aliphatic rings. The van der Waals surface area contributed by atoms with E-state index in [1.54, 1.807) is 31.2 Å². The molecule has 0 radical (unpaired) electrons. The number of sulfone groups is 1. The second-order valence-electron chi connectivity index (χ2n) is 6.77. The number of rotatable bonds is 7. The van der Waals surface area contributed by atoms with Crippen molar-refractivity contribution in [3.63, 3.8) is 0 Å². The monoisotopic (exact) mass is 419 g/mol. The Morgan fingerprint density at radius 3 is 2.60 bits per heavy atom. The topological polar surface area (TPSA) is 69.4 Å². The number of hydrogen-bond acceptors (Lipinski definition) is 5. The van der Waals surface area contributed by atoms with E-state index in [1.807, 2.05) is 60.7 Å². The first-order valence-electron chi connectivity index (χ1n) is 9.62. The van der Waals surface area contributed by atoms with Crippen LogP contribution >= 0.6 is 0 Å². The first kappa shape index (κ1) is 19.9. The van der Waals surface area contributed by atoms with E-state index in [0.717, 1.165) is 16.9 Å². The van der Waals surface area contributed by atoms with Gasteiger partial charge in [0.25, 0.3) is 0 Å². The average Bonchev–Trinajstić information content (AvgIpc) is 3.19. The number of oxazole rings is 1. The molecule has 0 aliphatic heterocycles. The molecule has 0 bridgehead atoms. The molecule has 1 heterocycles. The number of fused-ring (bicyclic) bond motifs is 1. The number of nitrogens with zero attached hydrogens (tertiary/aromatic N) is 1. The maximum absolute atomic E-state index is 12.1. The standard InChI is InChI=1S/C24H21NO4S/c1-2-30(26,27)21-12-13-23-22(16-21)25-24(29-23)14-11-18-9-6-10-20(15-18)28-17-19-7-4-3-5-8-19/h3-16H,2,17H2,1H3/b14-11+. The molecule has 152 valence electrons. The smallest absolute Gasteiger partial charge is 0.220 e. The summed E-state index contributed by atoms with van der Waals surface area (Å²) in [5.41, 5.74) is 3.11. The van der Waals surface area contributed by atoms with Crippen molar-refractivity contribution in [1.29, 1.82) is 0 Å². The van der Waals surface area contributed by atoms with Gasteiger partial charge in [-0.3, -0.25) is 0 Å². The van der Waals surface area contributed by atoms with Gasteiger partial charge in [0.05, 0.1) is 10.6 Å². The molecule has 1 aromatic heterocycles. The lowest BCUT2D eigenvalue weighted by molar-refractivity contribution is 0.306. The van der Waals surface area contributed by atoms with Gasteiger partial charge in [-0.05, 0) is 47.5 Å². The van der Waals surface area contributed by atoms with Crippen LogP contribution in [0.4, 0.5) is 0 Å². The molecule has 0 atom stereocenters. The fourth-order valence-electron chi connectivity index (χ4n) is 2.97. The van der Waals surface area contributed by atoms with Crippen LogP contribution in [0.15, 0.2) is 82.1 Å². The van der Waals surface area contributed by atoms with E-state index in [4.69, 9.17) is 9.15 Å². The molecule has 0 unspecified atom stereocenters. The minimum atomic E-state index is -3.28. The summed E-state index contributed by atoms with van der Waals surface area (Å²) < 4.78 is 35.7. The molecule has 0 saturated heterocycles. The van der Waals surface area contributed by atoms with Gasteiger partial charge in [0.2, 0.25) is 5.89 Å². The molecule has 4 aromatic rings. The first-order chi connectivity index (χ1) is 14.5. The summed E-state index contributed by atoms with van der Waals surface area (Å²) in [6.07, 6.45) is 3.63. The molecule has 0 saturated carbocycles. The van der Waals surface area contributed by atoms with Gasteiger partial charge in [-0.15, -0.1) is 0 Å². The van der Waals surface area contributed by atoms with Crippen LogP contribution in [0.5, 0.6) is 5.75 Å². The Bertz CT molecular complexity index is 1290. The van der Waals surface area contributed by atoms with Gasteiger partial charge < -0.3 is 9.15 Å². The van der Waals surface area contributed by atoms with Crippen molar-refractivity contribution < 1.29 is 17.6 Å². The third-order valence-electron chi connectivity index (χ3n) is 4.64. The largest absolute Gasteiger partial charge is 0.489 e. The SMILES string of the molecule is CCS(=O)(=O)c1ccc2oc(/C=C/c3cccc(OCc4ccccc4)c3)nc2c1. The fourth-order valence-corrected chi connectivity index (χ4v) is 3.87. The fraction of sp³-hybridized carbons (Fsp3) is 0.125. The first-order valence-corrected chi connectivity index (χ1v) is 11.3. The lowest BCUT2D eigenvalue weighted by atomic mass is 10.2. The lowest BCUT2D eigenvalue weighted by Gasteiger charge is -2.06. The Kier molecular flexibility index (Phi) is 5.68.